The molecule has 1 aliphatic heterocycles. The summed E-state index contributed by atoms with van der Waals surface area (Å²) in [5.74, 6) is -1.58. The summed E-state index contributed by atoms with van der Waals surface area (Å²) in [7, 11) is 0. The number of hydrogen-bond acceptors (Lipinski definition) is 4. The number of ketones is 1. The molecule has 3 aromatic rings. The van der Waals surface area contributed by atoms with Gasteiger partial charge < -0.3 is 9.52 Å². The molecule has 1 amide bonds. The first-order valence-electron chi connectivity index (χ1n) is 8.54. The smallest absolute Gasteiger partial charge is 0.294 e. The van der Waals surface area contributed by atoms with E-state index < -0.39 is 23.5 Å². The fourth-order valence-electron chi connectivity index (χ4n) is 3.30. The lowest BCUT2D eigenvalue weighted by Gasteiger charge is -2.26. The summed E-state index contributed by atoms with van der Waals surface area (Å²) >= 11 is 0. The largest absolute Gasteiger partial charge is 0.503 e. The van der Waals surface area contributed by atoms with Crippen LogP contribution in [0.1, 0.15) is 27.7 Å². The first-order valence-corrected chi connectivity index (χ1v) is 8.54. The number of aryl methyl sites for hydroxylation is 1. The SMILES string of the molecule is Cc1ccc(N2C(=O)C(O)=C(C(=O)c3ccco3)[C@H]2c2ccccc2)cc1. The van der Waals surface area contributed by atoms with Crippen LogP contribution < -0.4 is 4.90 Å². The molecule has 1 aromatic heterocycles. The zero-order chi connectivity index (χ0) is 19.0. The highest BCUT2D eigenvalue weighted by Gasteiger charge is 2.45. The van der Waals surface area contributed by atoms with E-state index in [1.807, 2.05) is 49.4 Å². The van der Waals surface area contributed by atoms with Crippen molar-refractivity contribution in [2.75, 3.05) is 4.90 Å². The van der Waals surface area contributed by atoms with Gasteiger partial charge in [0, 0.05) is 5.69 Å². The lowest BCUT2D eigenvalue weighted by atomic mass is 9.95. The lowest BCUT2D eigenvalue weighted by molar-refractivity contribution is -0.117. The molecule has 1 N–H and O–H groups in total. The van der Waals surface area contributed by atoms with Crippen molar-refractivity contribution < 1.29 is 19.1 Å². The summed E-state index contributed by atoms with van der Waals surface area (Å²) in [5, 5.41) is 10.6. The lowest BCUT2D eigenvalue weighted by Crippen LogP contribution is -2.31. The molecule has 0 bridgehead atoms. The second-order valence-electron chi connectivity index (χ2n) is 6.39. The third-order valence-electron chi connectivity index (χ3n) is 4.63. The van der Waals surface area contributed by atoms with E-state index in [0.717, 1.165) is 11.1 Å². The minimum absolute atomic E-state index is 0.0155. The Morgan fingerprint density at radius 2 is 1.70 bits per heavy atom. The van der Waals surface area contributed by atoms with Gasteiger partial charge in [-0.15, -0.1) is 0 Å². The normalized spacial score (nSPS) is 16.9. The number of furan rings is 1. The highest BCUT2D eigenvalue weighted by molar-refractivity contribution is 6.20. The number of carbonyl (C=O) groups is 2. The van der Waals surface area contributed by atoms with Gasteiger partial charge in [-0.25, -0.2) is 0 Å². The number of anilines is 1. The molecule has 5 heteroatoms. The van der Waals surface area contributed by atoms with E-state index in [1.165, 1.54) is 17.2 Å². The minimum Gasteiger partial charge on any atom is -0.503 e. The van der Waals surface area contributed by atoms with Crippen LogP contribution in [-0.2, 0) is 4.79 Å². The predicted molar refractivity (Wildman–Crippen MR) is 101 cm³/mol. The molecule has 134 valence electrons. The van der Waals surface area contributed by atoms with Crippen molar-refractivity contribution in [3.05, 3.63) is 101 Å². The molecule has 4 rings (SSSR count). The van der Waals surface area contributed by atoms with Gasteiger partial charge in [-0.3, -0.25) is 14.5 Å². The quantitative estimate of drug-likeness (QED) is 0.702. The van der Waals surface area contributed by atoms with Gasteiger partial charge in [0.25, 0.3) is 5.91 Å². The number of rotatable bonds is 4. The second-order valence-corrected chi connectivity index (χ2v) is 6.39. The van der Waals surface area contributed by atoms with Crippen LogP contribution in [0, 0.1) is 6.92 Å². The van der Waals surface area contributed by atoms with Crippen molar-refractivity contribution in [3.8, 4) is 0 Å². The van der Waals surface area contributed by atoms with E-state index in [1.54, 1.807) is 18.2 Å². The van der Waals surface area contributed by atoms with Crippen LogP contribution in [0.4, 0.5) is 5.69 Å². The maximum absolute atomic E-state index is 13.0. The van der Waals surface area contributed by atoms with Gasteiger partial charge in [0.1, 0.15) is 0 Å². The minimum atomic E-state index is -0.737. The Morgan fingerprint density at radius 1 is 1.00 bits per heavy atom. The third kappa shape index (κ3) is 2.83. The van der Waals surface area contributed by atoms with Crippen molar-refractivity contribution in [2.45, 2.75) is 13.0 Å². The van der Waals surface area contributed by atoms with E-state index in [0.29, 0.717) is 5.69 Å². The van der Waals surface area contributed by atoms with Crippen LogP contribution in [0.5, 0.6) is 0 Å². The van der Waals surface area contributed by atoms with E-state index in [2.05, 4.69) is 0 Å². The Morgan fingerprint density at radius 3 is 2.33 bits per heavy atom. The van der Waals surface area contributed by atoms with Gasteiger partial charge in [0.15, 0.2) is 11.5 Å². The molecule has 0 radical (unpaired) electrons. The molecule has 2 aromatic carbocycles. The summed E-state index contributed by atoms with van der Waals surface area (Å²) in [5.41, 5.74) is 2.39. The number of hydrogen-bond donors (Lipinski definition) is 1. The number of amides is 1. The molecule has 0 unspecified atom stereocenters. The van der Waals surface area contributed by atoms with Crippen LogP contribution in [0.3, 0.4) is 0 Å². The van der Waals surface area contributed by atoms with Crippen molar-refractivity contribution in [1.82, 2.24) is 0 Å². The van der Waals surface area contributed by atoms with Crippen LogP contribution >= 0.6 is 0 Å². The summed E-state index contributed by atoms with van der Waals surface area (Å²) in [6, 6.07) is 18.9. The van der Waals surface area contributed by atoms with Gasteiger partial charge in [-0.2, -0.15) is 0 Å². The Bertz CT molecular complexity index is 1020. The van der Waals surface area contributed by atoms with E-state index >= 15 is 0 Å². The fraction of sp³-hybridized carbons (Fsp3) is 0.0909. The molecule has 5 nitrogen and oxygen atoms in total. The second kappa shape index (κ2) is 6.61. The maximum Gasteiger partial charge on any atom is 0.294 e. The molecule has 1 aliphatic rings. The average molecular weight is 359 g/mol. The molecule has 0 fully saturated rings. The monoisotopic (exact) mass is 359 g/mol. The number of nitrogens with zero attached hydrogens (tertiary/aromatic N) is 1. The number of benzene rings is 2. The van der Waals surface area contributed by atoms with Crippen LogP contribution in [-0.4, -0.2) is 16.8 Å². The summed E-state index contributed by atoms with van der Waals surface area (Å²) < 4.78 is 5.21. The number of aliphatic hydroxyl groups excluding tert-OH is 1. The topological polar surface area (TPSA) is 70.8 Å². The standard InChI is InChI=1S/C22H17NO4/c1-14-9-11-16(12-10-14)23-19(15-6-3-2-4-7-15)18(21(25)22(23)26)20(24)17-8-5-13-27-17/h2-13,19,25H,1H3/t19-/m1/s1. The zero-order valence-electron chi connectivity index (χ0n) is 14.6. The molecule has 0 spiro atoms. The van der Waals surface area contributed by atoms with Gasteiger partial charge in [-0.05, 0) is 36.8 Å². The Hall–Kier alpha value is -3.60. The summed E-state index contributed by atoms with van der Waals surface area (Å²) in [6.07, 6.45) is 1.39. The van der Waals surface area contributed by atoms with E-state index in [4.69, 9.17) is 4.42 Å². The van der Waals surface area contributed by atoms with Gasteiger partial charge in [0.2, 0.25) is 5.78 Å². The van der Waals surface area contributed by atoms with Crippen molar-refractivity contribution in [1.29, 1.82) is 0 Å². The van der Waals surface area contributed by atoms with Crippen LogP contribution in [0.2, 0.25) is 0 Å². The van der Waals surface area contributed by atoms with E-state index in [9.17, 15) is 14.7 Å². The molecule has 0 saturated heterocycles. The highest BCUT2D eigenvalue weighted by Crippen LogP contribution is 2.41. The van der Waals surface area contributed by atoms with Gasteiger partial charge in [0.05, 0.1) is 17.9 Å². The first kappa shape index (κ1) is 16.8. The van der Waals surface area contributed by atoms with Crippen molar-refractivity contribution >= 4 is 17.4 Å². The number of Topliss-reactive ketones (excluding diaryl/α,β-unsaturated/α-hetero) is 1. The molecule has 27 heavy (non-hydrogen) atoms. The average Bonchev–Trinajstić information content (AvgIpc) is 3.31. The van der Waals surface area contributed by atoms with Crippen molar-refractivity contribution in [3.63, 3.8) is 0 Å². The molecular formula is C22H17NO4. The summed E-state index contributed by atoms with van der Waals surface area (Å²) in [4.78, 5) is 27.3. The van der Waals surface area contributed by atoms with E-state index in [-0.39, 0.29) is 11.3 Å². The Kier molecular flexibility index (Phi) is 4.12. The molecule has 2 heterocycles. The summed E-state index contributed by atoms with van der Waals surface area (Å²) in [6.45, 7) is 1.95. The Balaban J connectivity index is 1.87. The number of carbonyl (C=O) groups excluding carboxylic acids is 2. The first-order chi connectivity index (χ1) is 13.1. The molecule has 0 aliphatic carbocycles. The fourth-order valence-corrected chi connectivity index (χ4v) is 3.30. The Labute approximate surface area is 156 Å². The van der Waals surface area contributed by atoms with Crippen molar-refractivity contribution in [2.24, 2.45) is 0 Å². The van der Waals surface area contributed by atoms with Gasteiger partial charge in [-0.1, -0.05) is 48.0 Å². The molecular weight excluding hydrogens is 342 g/mol. The maximum atomic E-state index is 13.0. The molecule has 0 saturated carbocycles. The van der Waals surface area contributed by atoms with Crippen LogP contribution in [0.25, 0.3) is 0 Å². The molecule has 1 atom stereocenters. The van der Waals surface area contributed by atoms with Gasteiger partial charge >= 0.3 is 0 Å². The highest BCUT2D eigenvalue weighted by atomic mass is 16.3. The van der Waals surface area contributed by atoms with Crippen LogP contribution in [0.15, 0.2) is 88.7 Å². The number of aliphatic hydroxyl groups is 1. The third-order valence-corrected chi connectivity index (χ3v) is 4.63. The predicted octanol–water partition coefficient (Wildman–Crippen LogP) is 4.37. The zero-order valence-corrected chi connectivity index (χ0v) is 14.6.